The van der Waals surface area contributed by atoms with E-state index in [1.807, 2.05) is 0 Å². The van der Waals surface area contributed by atoms with E-state index >= 15 is 0 Å². The number of methoxy groups -OCH3 is 1. The van der Waals surface area contributed by atoms with Gasteiger partial charge in [-0.15, -0.1) is 0 Å². The van der Waals surface area contributed by atoms with Crippen molar-refractivity contribution in [1.82, 2.24) is 5.48 Å². The third-order valence-corrected chi connectivity index (χ3v) is 2.43. The van der Waals surface area contributed by atoms with E-state index in [0.717, 1.165) is 12.1 Å². The van der Waals surface area contributed by atoms with E-state index in [4.69, 9.17) is 16.3 Å². The highest BCUT2D eigenvalue weighted by atomic mass is 35.5. The van der Waals surface area contributed by atoms with Crippen molar-refractivity contribution in [2.24, 2.45) is 0 Å². The molecule has 0 saturated heterocycles. The lowest BCUT2D eigenvalue weighted by atomic mass is 10.1. The van der Waals surface area contributed by atoms with Crippen LogP contribution in [-0.4, -0.2) is 14.2 Å². The molecule has 17 heavy (non-hydrogen) atoms. The van der Waals surface area contributed by atoms with Crippen LogP contribution in [0, 0.1) is 0 Å². The number of alkyl halides is 3. The number of nitrogens with one attached hydrogen (secondary N) is 1. The Morgan fingerprint density at radius 2 is 1.94 bits per heavy atom. The third-order valence-electron chi connectivity index (χ3n) is 2.10. The van der Waals surface area contributed by atoms with Crippen molar-refractivity contribution < 1.29 is 22.7 Å². The maximum Gasteiger partial charge on any atom is 0.416 e. The molecular weight excluding hydrogens is 259 g/mol. The minimum absolute atomic E-state index is 0.0266. The number of ether oxygens (including phenoxy) is 1. The maximum absolute atomic E-state index is 12.5. The third kappa shape index (κ3) is 3.49. The van der Waals surface area contributed by atoms with Crippen LogP contribution in [0.25, 0.3) is 0 Å². The van der Waals surface area contributed by atoms with Crippen molar-refractivity contribution in [3.8, 4) is 5.75 Å². The fourth-order valence-electron chi connectivity index (χ4n) is 1.27. The van der Waals surface area contributed by atoms with Gasteiger partial charge in [-0.05, 0) is 12.1 Å². The van der Waals surface area contributed by atoms with Crippen LogP contribution in [0.3, 0.4) is 0 Å². The number of halogens is 4. The normalized spacial score (nSPS) is 11.6. The molecule has 96 valence electrons. The fraction of sp³-hybridized carbons (Fsp3) is 0.400. The molecular formula is C10H11ClF3NO2. The maximum atomic E-state index is 12.5. The van der Waals surface area contributed by atoms with Gasteiger partial charge in [-0.1, -0.05) is 11.6 Å². The van der Waals surface area contributed by atoms with Crippen molar-refractivity contribution >= 4 is 11.6 Å². The molecule has 0 bridgehead atoms. The zero-order chi connectivity index (χ0) is 13.1. The van der Waals surface area contributed by atoms with E-state index in [0.29, 0.717) is 5.56 Å². The van der Waals surface area contributed by atoms with Gasteiger partial charge in [0.1, 0.15) is 5.75 Å². The first-order valence-electron chi connectivity index (χ1n) is 4.59. The fourth-order valence-corrected chi connectivity index (χ4v) is 1.55. The van der Waals surface area contributed by atoms with E-state index in [1.54, 1.807) is 0 Å². The van der Waals surface area contributed by atoms with Crippen LogP contribution in [0.1, 0.15) is 11.1 Å². The van der Waals surface area contributed by atoms with Gasteiger partial charge in [-0.25, -0.2) is 0 Å². The van der Waals surface area contributed by atoms with Gasteiger partial charge in [0.15, 0.2) is 0 Å². The van der Waals surface area contributed by atoms with Gasteiger partial charge in [-0.2, -0.15) is 18.7 Å². The molecule has 0 unspecified atom stereocenters. The molecule has 1 rings (SSSR count). The van der Waals surface area contributed by atoms with Gasteiger partial charge in [-0.3, -0.25) is 0 Å². The highest BCUT2D eigenvalue weighted by Crippen LogP contribution is 2.36. The van der Waals surface area contributed by atoms with Gasteiger partial charge >= 0.3 is 6.18 Å². The topological polar surface area (TPSA) is 30.5 Å². The van der Waals surface area contributed by atoms with Crippen molar-refractivity contribution in [3.63, 3.8) is 0 Å². The van der Waals surface area contributed by atoms with Crippen molar-refractivity contribution in [3.05, 3.63) is 28.3 Å². The number of hydrogen-bond acceptors (Lipinski definition) is 3. The lowest BCUT2D eigenvalue weighted by molar-refractivity contribution is -0.137. The van der Waals surface area contributed by atoms with Gasteiger partial charge in [0.2, 0.25) is 0 Å². The van der Waals surface area contributed by atoms with Crippen LogP contribution in [0.15, 0.2) is 12.1 Å². The Labute approximate surface area is 101 Å². The van der Waals surface area contributed by atoms with Crippen LogP contribution in [0.2, 0.25) is 5.02 Å². The van der Waals surface area contributed by atoms with Gasteiger partial charge in [0, 0.05) is 10.6 Å². The minimum atomic E-state index is -4.45. The molecule has 0 aliphatic rings. The smallest absolute Gasteiger partial charge is 0.416 e. The summed E-state index contributed by atoms with van der Waals surface area (Å²) in [6.07, 6.45) is -4.45. The molecule has 0 aliphatic carbocycles. The Hall–Kier alpha value is -0.980. The Morgan fingerprint density at radius 3 is 2.41 bits per heavy atom. The lowest BCUT2D eigenvalue weighted by Gasteiger charge is -2.14. The molecule has 0 atom stereocenters. The summed E-state index contributed by atoms with van der Waals surface area (Å²) in [6.45, 7) is 0.149. The van der Waals surface area contributed by atoms with Gasteiger partial charge in [0.25, 0.3) is 0 Å². The Kier molecular flexibility index (Phi) is 4.62. The number of hydroxylamine groups is 1. The van der Waals surface area contributed by atoms with Gasteiger partial charge < -0.3 is 9.57 Å². The van der Waals surface area contributed by atoms with E-state index in [9.17, 15) is 13.2 Å². The van der Waals surface area contributed by atoms with E-state index in [-0.39, 0.29) is 17.3 Å². The molecule has 0 radical (unpaired) electrons. The van der Waals surface area contributed by atoms with Crippen molar-refractivity contribution in [2.75, 3.05) is 14.2 Å². The predicted octanol–water partition coefficient (Wildman–Crippen LogP) is 3.02. The number of hydrogen-bond donors (Lipinski definition) is 1. The quantitative estimate of drug-likeness (QED) is 0.853. The second kappa shape index (κ2) is 5.57. The average Bonchev–Trinajstić information content (AvgIpc) is 2.25. The average molecular weight is 270 g/mol. The molecule has 0 spiro atoms. The molecule has 0 aromatic heterocycles. The second-order valence-corrected chi connectivity index (χ2v) is 3.57. The van der Waals surface area contributed by atoms with Crippen LogP contribution < -0.4 is 10.2 Å². The summed E-state index contributed by atoms with van der Waals surface area (Å²) in [7, 11) is 2.67. The second-order valence-electron chi connectivity index (χ2n) is 3.16. The summed E-state index contributed by atoms with van der Waals surface area (Å²) in [5.41, 5.74) is 2.05. The Balaban J connectivity index is 3.16. The summed E-state index contributed by atoms with van der Waals surface area (Å²) < 4.78 is 42.4. The number of benzene rings is 1. The first-order chi connectivity index (χ1) is 7.90. The van der Waals surface area contributed by atoms with Crippen molar-refractivity contribution in [2.45, 2.75) is 12.7 Å². The zero-order valence-electron chi connectivity index (χ0n) is 9.19. The van der Waals surface area contributed by atoms with Crippen LogP contribution in [0.4, 0.5) is 13.2 Å². The Morgan fingerprint density at radius 1 is 1.29 bits per heavy atom. The molecule has 1 aromatic carbocycles. The van der Waals surface area contributed by atoms with Crippen LogP contribution in [-0.2, 0) is 17.6 Å². The summed E-state index contributed by atoms with van der Waals surface area (Å²) >= 11 is 5.78. The minimum Gasteiger partial charge on any atom is -0.496 e. The standard InChI is InChI=1S/C10H11ClF3NO2/c1-16-9-4-6(10(12,13)14)3-8(11)7(9)5-15-17-2/h3-4,15H,5H2,1-2H3. The van der Waals surface area contributed by atoms with Gasteiger partial charge in [0.05, 0.1) is 26.3 Å². The first kappa shape index (κ1) is 14.1. The summed E-state index contributed by atoms with van der Waals surface area (Å²) in [6, 6.07) is 1.76. The monoisotopic (exact) mass is 269 g/mol. The summed E-state index contributed by atoms with van der Waals surface area (Å²) in [4.78, 5) is 4.61. The molecule has 0 amide bonds. The highest BCUT2D eigenvalue weighted by molar-refractivity contribution is 6.31. The first-order valence-corrected chi connectivity index (χ1v) is 4.97. The van der Waals surface area contributed by atoms with Crippen LogP contribution >= 0.6 is 11.6 Å². The highest BCUT2D eigenvalue weighted by Gasteiger charge is 2.32. The molecule has 3 nitrogen and oxygen atoms in total. The molecule has 0 aliphatic heterocycles. The lowest BCUT2D eigenvalue weighted by Crippen LogP contribution is -2.13. The molecule has 7 heteroatoms. The molecule has 1 aromatic rings. The zero-order valence-corrected chi connectivity index (χ0v) is 9.95. The summed E-state index contributed by atoms with van der Waals surface area (Å²) in [5, 5.41) is -0.0266. The number of rotatable bonds is 4. The van der Waals surface area contributed by atoms with Crippen LogP contribution in [0.5, 0.6) is 5.75 Å². The largest absolute Gasteiger partial charge is 0.496 e. The summed E-state index contributed by atoms with van der Waals surface area (Å²) in [5.74, 6) is 0.0642. The SMILES string of the molecule is CONCc1c(Cl)cc(C(F)(F)F)cc1OC. The van der Waals surface area contributed by atoms with E-state index < -0.39 is 11.7 Å². The molecule has 1 N–H and O–H groups in total. The molecule has 0 fully saturated rings. The Bertz CT molecular complexity index is 396. The molecule has 0 saturated carbocycles. The van der Waals surface area contributed by atoms with E-state index in [1.165, 1.54) is 14.2 Å². The molecule has 0 heterocycles. The predicted molar refractivity (Wildman–Crippen MR) is 56.9 cm³/mol. The van der Waals surface area contributed by atoms with Crippen molar-refractivity contribution in [1.29, 1.82) is 0 Å². The van der Waals surface area contributed by atoms with E-state index in [2.05, 4.69) is 10.3 Å².